The van der Waals surface area contributed by atoms with E-state index in [4.69, 9.17) is 4.42 Å². The van der Waals surface area contributed by atoms with Crippen molar-refractivity contribution < 1.29 is 17.6 Å². The third-order valence-corrected chi connectivity index (χ3v) is 7.69. The topological polar surface area (TPSA) is 79.6 Å². The van der Waals surface area contributed by atoms with Crippen molar-refractivity contribution in [3.63, 3.8) is 0 Å². The third kappa shape index (κ3) is 4.38. The number of carbonyl (C=O) groups is 1. The third-order valence-electron chi connectivity index (χ3n) is 5.91. The molecule has 1 heterocycles. The highest BCUT2D eigenvalue weighted by Crippen LogP contribution is 2.31. The minimum absolute atomic E-state index is 0.123. The molecule has 0 radical (unpaired) electrons. The highest BCUT2D eigenvalue weighted by molar-refractivity contribution is 7.92. The van der Waals surface area contributed by atoms with E-state index in [1.165, 1.54) is 16.4 Å². The molecule has 1 aromatic heterocycles. The van der Waals surface area contributed by atoms with Gasteiger partial charge in [0.1, 0.15) is 17.7 Å². The minimum Gasteiger partial charge on any atom is -0.456 e. The summed E-state index contributed by atoms with van der Waals surface area (Å²) in [6.07, 6.45) is 0. The fourth-order valence-corrected chi connectivity index (χ4v) is 5.64. The molecule has 0 saturated carbocycles. The van der Waals surface area contributed by atoms with Crippen molar-refractivity contribution in [2.45, 2.75) is 18.7 Å². The number of para-hydroxylation sites is 1. The second-order valence-electron chi connectivity index (χ2n) is 8.47. The maximum absolute atomic E-state index is 13.6. The molecule has 5 aromatic rings. The van der Waals surface area contributed by atoms with Gasteiger partial charge in [-0.3, -0.25) is 9.10 Å². The zero-order valence-electron chi connectivity index (χ0n) is 19.4. The van der Waals surface area contributed by atoms with Crippen molar-refractivity contribution in [3.05, 3.63) is 102 Å². The number of fused-ring (bicyclic) bond motifs is 3. The average molecular weight is 485 g/mol. The Bertz CT molecular complexity index is 1660. The number of rotatable bonds is 6. The van der Waals surface area contributed by atoms with E-state index >= 15 is 0 Å². The number of nitrogens with zero attached hydrogens (tertiary/aromatic N) is 1. The number of benzene rings is 4. The van der Waals surface area contributed by atoms with Crippen molar-refractivity contribution in [3.8, 4) is 0 Å². The van der Waals surface area contributed by atoms with Crippen LogP contribution in [-0.4, -0.2) is 20.9 Å². The molecule has 0 atom stereocenters. The van der Waals surface area contributed by atoms with Gasteiger partial charge in [0, 0.05) is 22.5 Å². The summed E-state index contributed by atoms with van der Waals surface area (Å²) in [4.78, 5) is 13.3. The predicted molar refractivity (Wildman–Crippen MR) is 139 cm³/mol. The number of amides is 1. The van der Waals surface area contributed by atoms with Gasteiger partial charge < -0.3 is 9.73 Å². The fraction of sp³-hybridized carbons (Fsp3) is 0.107. The van der Waals surface area contributed by atoms with Crippen LogP contribution in [0.15, 0.2) is 100 Å². The van der Waals surface area contributed by atoms with Gasteiger partial charge in [-0.15, -0.1) is 0 Å². The number of furan rings is 1. The summed E-state index contributed by atoms with van der Waals surface area (Å²) < 4.78 is 34.3. The van der Waals surface area contributed by atoms with Gasteiger partial charge in [0.05, 0.1) is 10.6 Å². The molecule has 4 aromatic carbocycles. The number of hydrogen-bond acceptors (Lipinski definition) is 4. The smallest absolute Gasteiger partial charge is 0.264 e. The molecule has 0 saturated heterocycles. The molecule has 0 spiro atoms. The monoisotopic (exact) mass is 484 g/mol. The molecular weight excluding hydrogens is 460 g/mol. The lowest BCUT2D eigenvalue weighted by Crippen LogP contribution is -2.38. The van der Waals surface area contributed by atoms with Crippen LogP contribution in [0.3, 0.4) is 0 Å². The maximum Gasteiger partial charge on any atom is 0.264 e. The molecule has 0 bridgehead atoms. The summed E-state index contributed by atoms with van der Waals surface area (Å²) >= 11 is 0. The van der Waals surface area contributed by atoms with Crippen LogP contribution >= 0.6 is 0 Å². The first-order valence-corrected chi connectivity index (χ1v) is 12.6. The average Bonchev–Trinajstić information content (AvgIpc) is 3.22. The van der Waals surface area contributed by atoms with Crippen LogP contribution in [0.2, 0.25) is 0 Å². The molecule has 0 fully saturated rings. The highest BCUT2D eigenvalue weighted by atomic mass is 32.2. The fourth-order valence-electron chi connectivity index (χ4n) is 4.14. The van der Waals surface area contributed by atoms with Crippen LogP contribution in [0, 0.1) is 13.8 Å². The van der Waals surface area contributed by atoms with Crippen LogP contribution in [0.4, 0.5) is 11.4 Å². The molecule has 1 amide bonds. The van der Waals surface area contributed by atoms with E-state index in [1.807, 2.05) is 56.3 Å². The van der Waals surface area contributed by atoms with Gasteiger partial charge in [0.15, 0.2) is 0 Å². The number of anilines is 2. The van der Waals surface area contributed by atoms with Crippen LogP contribution in [0.5, 0.6) is 0 Å². The van der Waals surface area contributed by atoms with Gasteiger partial charge in [-0.2, -0.15) is 0 Å². The van der Waals surface area contributed by atoms with Crippen molar-refractivity contribution in [2.75, 3.05) is 16.2 Å². The van der Waals surface area contributed by atoms with Gasteiger partial charge in [-0.25, -0.2) is 8.42 Å². The van der Waals surface area contributed by atoms with E-state index < -0.39 is 15.9 Å². The van der Waals surface area contributed by atoms with Gasteiger partial charge in [-0.05, 0) is 61.4 Å². The highest BCUT2D eigenvalue weighted by Gasteiger charge is 2.28. The Morgan fingerprint density at radius 1 is 0.829 bits per heavy atom. The molecule has 7 heteroatoms. The summed E-state index contributed by atoms with van der Waals surface area (Å²) in [6, 6.07) is 26.8. The summed E-state index contributed by atoms with van der Waals surface area (Å²) in [5.74, 6) is -0.458. The quantitative estimate of drug-likeness (QED) is 0.319. The van der Waals surface area contributed by atoms with Crippen LogP contribution in [0.25, 0.3) is 21.9 Å². The molecular formula is C28H24N2O4S. The zero-order chi connectivity index (χ0) is 24.6. The zero-order valence-corrected chi connectivity index (χ0v) is 20.2. The lowest BCUT2D eigenvalue weighted by molar-refractivity contribution is -0.114. The number of carbonyl (C=O) groups excluding carboxylic acids is 1. The normalized spacial score (nSPS) is 11.6. The first-order chi connectivity index (χ1) is 16.8. The van der Waals surface area contributed by atoms with E-state index in [0.29, 0.717) is 17.0 Å². The molecule has 35 heavy (non-hydrogen) atoms. The molecule has 0 aliphatic rings. The molecule has 176 valence electrons. The minimum atomic E-state index is -3.98. The molecule has 5 rings (SSSR count). The van der Waals surface area contributed by atoms with Gasteiger partial charge in [0.2, 0.25) is 5.91 Å². The van der Waals surface area contributed by atoms with Crippen molar-refractivity contribution >= 4 is 49.2 Å². The van der Waals surface area contributed by atoms with E-state index in [0.717, 1.165) is 27.5 Å². The van der Waals surface area contributed by atoms with Crippen LogP contribution < -0.4 is 9.62 Å². The lowest BCUT2D eigenvalue weighted by atomic mass is 10.1. The molecule has 0 unspecified atom stereocenters. The molecule has 0 aliphatic heterocycles. The van der Waals surface area contributed by atoms with Crippen molar-refractivity contribution in [2.24, 2.45) is 0 Å². The molecule has 0 aliphatic carbocycles. The summed E-state index contributed by atoms with van der Waals surface area (Å²) in [6.45, 7) is 3.34. The van der Waals surface area contributed by atoms with E-state index in [2.05, 4.69) is 5.32 Å². The summed E-state index contributed by atoms with van der Waals surface area (Å²) in [7, 11) is -3.98. The van der Waals surface area contributed by atoms with Crippen molar-refractivity contribution in [1.29, 1.82) is 0 Å². The Labute approximate surface area is 203 Å². The Balaban J connectivity index is 1.48. The van der Waals surface area contributed by atoms with Gasteiger partial charge >= 0.3 is 0 Å². The van der Waals surface area contributed by atoms with Gasteiger partial charge in [-0.1, -0.05) is 48.5 Å². The maximum atomic E-state index is 13.6. The Kier molecular flexibility index (Phi) is 5.78. The number of sulfonamides is 1. The lowest BCUT2D eigenvalue weighted by Gasteiger charge is -2.26. The first kappa shape index (κ1) is 22.7. The Hall–Kier alpha value is -4.10. The number of hydrogen-bond donors (Lipinski definition) is 1. The van der Waals surface area contributed by atoms with Crippen LogP contribution in [-0.2, 0) is 14.8 Å². The number of nitrogens with one attached hydrogen (secondary N) is 1. The summed E-state index contributed by atoms with van der Waals surface area (Å²) in [5, 5.41) is 4.77. The number of aryl methyl sites for hydroxylation is 2. The second-order valence-corrected chi connectivity index (χ2v) is 10.3. The first-order valence-electron chi connectivity index (χ1n) is 11.2. The SMILES string of the molecule is Cc1ccc(C)c(N(CC(=O)Nc2ccc3c(c2)oc2ccccc23)S(=O)(=O)c2ccccc2)c1. The molecule has 6 nitrogen and oxygen atoms in total. The molecule has 1 N–H and O–H groups in total. The van der Waals surface area contributed by atoms with E-state index in [1.54, 1.807) is 36.4 Å². The van der Waals surface area contributed by atoms with Crippen LogP contribution in [0.1, 0.15) is 11.1 Å². The van der Waals surface area contributed by atoms with Gasteiger partial charge in [0.25, 0.3) is 10.0 Å². The Morgan fingerprint density at radius 2 is 1.54 bits per heavy atom. The Morgan fingerprint density at radius 3 is 2.34 bits per heavy atom. The van der Waals surface area contributed by atoms with E-state index in [-0.39, 0.29) is 11.4 Å². The summed E-state index contributed by atoms with van der Waals surface area (Å²) in [5.41, 5.74) is 4.06. The second kappa shape index (κ2) is 8.92. The predicted octanol–water partition coefficient (Wildman–Crippen LogP) is 6.04. The standard InChI is InChI=1S/C28H24N2O4S/c1-19-12-13-20(2)25(16-19)30(35(32,33)22-8-4-3-5-9-22)18-28(31)29-21-14-15-24-23-10-6-7-11-26(23)34-27(24)17-21/h3-17H,18H2,1-2H3,(H,29,31). The van der Waals surface area contributed by atoms with E-state index in [9.17, 15) is 13.2 Å². The van der Waals surface area contributed by atoms with Crippen molar-refractivity contribution in [1.82, 2.24) is 0 Å². The largest absolute Gasteiger partial charge is 0.456 e.